The Bertz CT molecular complexity index is 1160. The Morgan fingerprint density at radius 3 is 2.58 bits per heavy atom. The quantitative estimate of drug-likeness (QED) is 0.452. The monoisotopic (exact) mass is 416 g/mol. The van der Waals surface area contributed by atoms with E-state index in [-0.39, 0.29) is 5.91 Å². The zero-order chi connectivity index (χ0) is 21.5. The van der Waals surface area contributed by atoms with E-state index in [2.05, 4.69) is 14.9 Å². The summed E-state index contributed by atoms with van der Waals surface area (Å²) in [5.41, 5.74) is 2.37. The van der Waals surface area contributed by atoms with Crippen LogP contribution in [-0.2, 0) is 13.0 Å². The van der Waals surface area contributed by atoms with Crippen LogP contribution in [0, 0.1) is 0 Å². The zero-order valence-electron chi connectivity index (χ0n) is 17.3. The van der Waals surface area contributed by atoms with Gasteiger partial charge in [0.25, 0.3) is 5.91 Å². The topological polar surface area (TPSA) is 78.3 Å². The Labute approximate surface area is 180 Å². The van der Waals surface area contributed by atoms with Crippen molar-refractivity contribution in [3.63, 3.8) is 0 Å². The number of aromatic nitrogens is 3. The molecule has 158 valence electrons. The molecule has 0 unspecified atom stereocenters. The second kappa shape index (κ2) is 9.75. The number of amides is 1. The highest BCUT2D eigenvalue weighted by atomic mass is 16.5. The van der Waals surface area contributed by atoms with E-state index in [1.165, 1.54) is 0 Å². The molecule has 2 aromatic carbocycles. The number of carbonyl (C=O) groups is 1. The first kappa shape index (κ1) is 20.4. The van der Waals surface area contributed by atoms with Gasteiger partial charge in [0.05, 0.1) is 24.7 Å². The molecule has 0 fully saturated rings. The standard InChI is InChI=1S/C24H24N4O3/c1-30-21-11-4-5-12-22(21)31-17-16-28-20-10-3-2-8-18(20)27-23(28)13-15-26-24(29)19-9-6-7-14-25-19/h2-12,14H,13,15-17H2,1H3,(H,26,29). The van der Waals surface area contributed by atoms with Crippen molar-refractivity contribution < 1.29 is 14.3 Å². The number of pyridine rings is 1. The maximum Gasteiger partial charge on any atom is 0.269 e. The fourth-order valence-corrected chi connectivity index (χ4v) is 3.43. The summed E-state index contributed by atoms with van der Waals surface area (Å²) in [5, 5.41) is 2.91. The van der Waals surface area contributed by atoms with Gasteiger partial charge in [0.2, 0.25) is 0 Å². The lowest BCUT2D eigenvalue weighted by molar-refractivity contribution is 0.0949. The molecule has 0 spiro atoms. The predicted molar refractivity (Wildman–Crippen MR) is 118 cm³/mol. The number of rotatable bonds is 9. The molecule has 0 bridgehead atoms. The highest BCUT2D eigenvalue weighted by molar-refractivity contribution is 5.92. The molecule has 2 aromatic heterocycles. The molecule has 0 radical (unpaired) electrons. The van der Waals surface area contributed by atoms with E-state index >= 15 is 0 Å². The lowest BCUT2D eigenvalue weighted by Crippen LogP contribution is -2.27. The Morgan fingerprint density at radius 1 is 1.00 bits per heavy atom. The summed E-state index contributed by atoms with van der Waals surface area (Å²) in [6, 6.07) is 20.9. The largest absolute Gasteiger partial charge is 0.493 e. The van der Waals surface area contributed by atoms with Crippen LogP contribution in [0.5, 0.6) is 11.5 Å². The van der Waals surface area contributed by atoms with E-state index in [4.69, 9.17) is 14.5 Å². The number of hydrogen-bond donors (Lipinski definition) is 1. The third-order valence-electron chi connectivity index (χ3n) is 4.91. The van der Waals surface area contributed by atoms with Gasteiger partial charge in [0, 0.05) is 19.2 Å². The molecular formula is C24H24N4O3. The molecule has 31 heavy (non-hydrogen) atoms. The molecular weight excluding hydrogens is 392 g/mol. The first-order chi connectivity index (χ1) is 15.3. The maximum atomic E-state index is 12.2. The van der Waals surface area contributed by atoms with Crippen molar-refractivity contribution in [2.75, 3.05) is 20.3 Å². The fourth-order valence-electron chi connectivity index (χ4n) is 3.43. The van der Waals surface area contributed by atoms with Crippen LogP contribution in [0.3, 0.4) is 0 Å². The number of imidazole rings is 1. The molecule has 7 heteroatoms. The van der Waals surface area contributed by atoms with Gasteiger partial charge in [-0.3, -0.25) is 9.78 Å². The number of nitrogens with zero attached hydrogens (tertiary/aromatic N) is 3. The van der Waals surface area contributed by atoms with Crippen LogP contribution in [0.1, 0.15) is 16.3 Å². The van der Waals surface area contributed by atoms with E-state index in [0.29, 0.717) is 43.3 Å². The van der Waals surface area contributed by atoms with Crippen LogP contribution >= 0.6 is 0 Å². The molecule has 1 N–H and O–H groups in total. The van der Waals surface area contributed by atoms with Gasteiger partial charge in [-0.2, -0.15) is 0 Å². The molecule has 4 aromatic rings. The minimum atomic E-state index is -0.192. The van der Waals surface area contributed by atoms with E-state index in [1.54, 1.807) is 31.5 Å². The molecule has 0 aliphatic heterocycles. The van der Waals surface area contributed by atoms with Gasteiger partial charge in [-0.1, -0.05) is 30.3 Å². The van der Waals surface area contributed by atoms with Crippen molar-refractivity contribution >= 4 is 16.9 Å². The molecule has 1 amide bonds. The third-order valence-corrected chi connectivity index (χ3v) is 4.91. The number of carbonyl (C=O) groups excluding carboxylic acids is 1. The highest BCUT2D eigenvalue weighted by Crippen LogP contribution is 2.26. The van der Waals surface area contributed by atoms with E-state index < -0.39 is 0 Å². The van der Waals surface area contributed by atoms with Crippen molar-refractivity contribution in [1.29, 1.82) is 0 Å². The molecule has 0 atom stereocenters. The Morgan fingerprint density at radius 2 is 1.77 bits per heavy atom. The van der Waals surface area contributed by atoms with Gasteiger partial charge in [0.1, 0.15) is 18.1 Å². The smallest absolute Gasteiger partial charge is 0.269 e. The number of ether oxygens (including phenoxy) is 2. The zero-order valence-corrected chi connectivity index (χ0v) is 17.3. The van der Waals surface area contributed by atoms with Gasteiger partial charge in [-0.15, -0.1) is 0 Å². The summed E-state index contributed by atoms with van der Waals surface area (Å²) in [4.78, 5) is 21.1. The second-order valence-corrected chi connectivity index (χ2v) is 6.89. The minimum Gasteiger partial charge on any atom is -0.493 e. The van der Waals surface area contributed by atoms with Crippen molar-refractivity contribution in [2.45, 2.75) is 13.0 Å². The lowest BCUT2D eigenvalue weighted by Gasteiger charge is -2.13. The Balaban J connectivity index is 1.43. The first-order valence-corrected chi connectivity index (χ1v) is 10.2. The molecule has 2 heterocycles. The first-order valence-electron chi connectivity index (χ1n) is 10.2. The fraction of sp³-hybridized carbons (Fsp3) is 0.208. The summed E-state index contributed by atoms with van der Waals surface area (Å²) in [5.74, 6) is 2.11. The van der Waals surface area contributed by atoms with Gasteiger partial charge >= 0.3 is 0 Å². The minimum absolute atomic E-state index is 0.192. The number of fused-ring (bicyclic) bond motifs is 1. The molecule has 7 nitrogen and oxygen atoms in total. The molecule has 0 saturated heterocycles. The van der Waals surface area contributed by atoms with Crippen LogP contribution < -0.4 is 14.8 Å². The Kier molecular flexibility index (Phi) is 6.42. The maximum absolute atomic E-state index is 12.2. The van der Waals surface area contributed by atoms with Gasteiger partial charge in [-0.25, -0.2) is 4.98 Å². The van der Waals surface area contributed by atoms with Crippen LogP contribution in [0.2, 0.25) is 0 Å². The van der Waals surface area contributed by atoms with Gasteiger partial charge in [-0.05, 0) is 36.4 Å². The summed E-state index contributed by atoms with van der Waals surface area (Å²) in [6.45, 7) is 1.56. The van der Waals surface area contributed by atoms with Crippen molar-refractivity contribution in [2.24, 2.45) is 0 Å². The summed E-state index contributed by atoms with van der Waals surface area (Å²) in [6.07, 6.45) is 2.21. The highest BCUT2D eigenvalue weighted by Gasteiger charge is 2.12. The number of para-hydroxylation sites is 4. The van der Waals surface area contributed by atoms with Gasteiger partial charge in [0.15, 0.2) is 11.5 Å². The SMILES string of the molecule is COc1ccccc1OCCn1c(CCNC(=O)c2ccccn2)nc2ccccc21. The van der Waals surface area contributed by atoms with E-state index in [1.807, 2.05) is 48.5 Å². The normalized spacial score (nSPS) is 10.7. The summed E-state index contributed by atoms with van der Waals surface area (Å²) >= 11 is 0. The number of hydrogen-bond acceptors (Lipinski definition) is 5. The lowest BCUT2D eigenvalue weighted by atomic mass is 10.3. The number of nitrogens with one attached hydrogen (secondary N) is 1. The average Bonchev–Trinajstić information content (AvgIpc) is 3.17. The van der Waals surface area contributed by atoms with Crippen molar-refractivity contribution in [3.8, 4) is 11.5 Å². The third kappa shape index (κ3) is 4.83. The predicted octanol–water partition coefficient (Wildman–Crippen LogP) is 3.49. The van der Waals surface area contributed by atoms with Gasteiger partial charge < -0.3 is 19.4 Å². The average molecular weight is 416 g/mol. The van der Waals surface area contributed by atoms with Crippen LogP contribution in [0.4, 0.5) is 0 Å². The molecule has 0 saturated carbocycles. The second-order valence-electron chi connectivity index (χ2n) is 6.89. The summed E-state index contributed by atoms with van der Waals surface area (Å²) in [7, 11) is 1.63. The number of benzene rings is 2. The molecule has 0 aliphatic rings. The molecule has 4 rings (SSSR count). The van der Waals surface area contributed by atoms with Crippen molar-refractivity contribution in [3.05, 3.63) is 84.4 Å². The Hall–Kier alpha value is -3.87. The molecule has 0 aliphatic carbocycles. The summed E-state index contributed by atoms with van der Waals surface area (Å²) < 4.78 is 13.4. The van der Waals surface area contributed by atoms with Crippen LogP contribution in [0.25, 0.3) is 11.0 Å². The van der Waals surface area contributed by atoms with Crippen LogP contribution in [-0.4, -0.2) is 40.7 Å². The number of methoxy groups -OCH3 is 1. The van der Waals surface area contributed by atoms with Crippen molar-refractivity contribution in [1.82, 2.24) is 19.9 Å². The van der Waals surface area contributed by atoms with E-state index in [0.717, 1.165) is 16.9 Å². The van der Waals surface area contributed by atoms with E-state index in [9.17, 15) is 4.79 Å². The van der Waals surface area contributed by atoms with Crippen LogP contribution in [0.15, 0.2) is 72.9 Å².